The Morgan fingerprint density at radius 1 is 1.12 bits per heavy atom. The van der Waals surface area contributed by atoms with Crippen LogP contribution < -0.4 is 5.32 Å². The summed E-state index contributed by atoms with van der Waals surface area (Å²) in [6, 6.07) is 11.9. The van der Waals surface area contributed by atoms with Crippen molar-refractivity contribution in [3.8, 4) is 0 Å². The van der Waals surface area contributed by atoms with Crippen molar-refractivity contribution in [1.82, 2.24) is 4.98 Å². The Hall–Kier alpha value is -2.58. The number of nitrogens with one attached hydrogen (secondary N) is 1. The van der Waals surface area contributed by atoms with E-state index in [9.17, 15) is 17.6 Å². The highest BCUT2D eigenvalue weighted by atomic mass is 32.2. The number of anilines is 1. The molecule has 8 heteroatoms. The number of thiazole rings is 1. The van der Waals surface area contributed by atoms with Gasteiger partial charge in [0.15, 0.2) is 15.0 Å². The molecule has 0 spiro atoms. The Bertz CT molecular complexity index is 1030. The van der Waals surface area contributed by atoms with Gasteiger partial charge in [-0.25, -0.2) is 17.8 Å². The molecular weight excluding hydrogens is 375 g/mol. The molecule has 5 nitrogen and oxygen atoms in total. The van der Waals surface area contributed by atoms with Crippen molar-refractivity contribution >= 4 is 32.2 Å². The second kappa shape index (κ2) is 7.35. The van der Waals surface area contributed by atoms with E-state index in [2.05, 4.69) is 10.3 Å². The number of carbonyl (C=O) groups excluding carboxylic acids is 1. The fraction of sp³-hybridized carbons (Fsp3) is 0.111. The molecule has 1 amide bonds. The van der Waals surface area contributed by atoms with Crippen molar-refractivity contribution in [3.63, 3.8) is 0 Å². The lowest BCUT2D eigenvalue weighted by Crippen LogP contribution is -2.11. The number of hydrogen-bond acceptors (Lipinski definition) is 5. The van der Waals surface area contributed by atoms with Gasteiger partial charge in [0.05, 0.1) is 4.90 Å². The topological polar surface area (TPSA) is 76.1 Å². The predicted octanol–water partition coefficient (Wildman–Crippen LogP) is 3.53. The van der Waals surface area contributed by atoms with E-state index < -0.39 is 9.84 Å². The van der Waals surface area contributed by atoms with Crippen LogP contribution in [0.3, 0.4) is 0 Å². The molecule has 134 valence electrons. The van der Waals surface area contributed by atoms with Crippen molar-refractivity contribution in [2.24, 2.45) is 0 Å². The molecule has 26 heavy (non-hydrogen) atoms. The van der Waals surface area contributed by atoms with Gasteiger partial charge in [-0.05, 0) is 42.0 Å². The summed E-state index contributed by atoms with van der Waals surface area (Å²) in [4.78, 5) is 17.5. The molecular formula is C18H15FN2O3S2. The lowest BCUT2D eigenvalue weighted by Gasteiger charge is -2.03. The Kier molecular flexibility index (Phi) is 5.15. The molecule has 0 aliphatic rings. The van der Waals surface area contributed by atoms with E-state index in [1.54, 1.807) is 18.3 Å². The third-order valence-corrected chi connectivity index (χ3v) is 5.65. The van der Waals surface area contributed by atoms with Crippen LogP contribution in [-0.2, 0) is 16.3 Å². The van der Waals surface area contributed by atoms with Crippen LogP contribution in [0.4, 0.5) is 9.52 Å². The molecule has 3 rings (SSSR count). The van der Waals surface area contributed by atoms with Crippen LogP contribution in [0.1, 0.15) is 20.8 Å². The second-order valence-electron chi connectivity index (χ2n) is 5.69. The predicted molar refractivity (Wildman–Crippen MR) is 98.8 cm³/mol. The number of amides is 1. The molecule has 2 aromatic carbocycles. The molecule has 0 fully saturated rings. The molecule has 1 heterocycles. The van der Waals surface area contributed by atoms with Crippen LogP contribution in [0.5, 0.6) is 0 Å². The molecule has 0 bridgehead atoms. The van der Waals surface area contributed by atoms with E-state index in [-0.39, 0.29) is 16.6 Å². The van der Waals surface area contributed by atoms with Crippen molar-refractivity contribution in [2.75, 3.05) is 11.6 Å². The maximum Gasteiger partial charge on any atom is 0.257 e. The first kappa shape index (κ1) is 18.2. The maximum atomic E-state index is 12.9. The average molecular weight is 390 g/mol. The zero-order valence-electron chi connectivity index (χ0n) is 13.8. The van der Waals surface area contributed by atoms with Gasteiger partial charge in [-0.3, -0.25) is 10.1 Å². The Labute approximate surface area is 154 Å². The van der Waals surface area contributed by atoms with Crippen LogP contribution in [0.25, 0.3) is 0 Å². The van der Waals surface area contributed by atoms with Gasteiger partial charge >= 0.3 is 0 Å². The molecule has 1 N–H and O–H groups in total. The fourth-order valence-electron chi connectivity index (χ4n) is 2.27. The smallest absolute Gasteiger partial charge is 0.257 e. The monoisotopic (exact) mass is 390 g/mol. The first-order valence-corrected chi connectivity index (χ1v) is 10.3. The summed E-state index contributed by atoms with van der Waals surface area (Å²) in [6.07, 6.45) is 3.37. The van der Waals surface area contributed by atoms with Crippen LogP contribution in [0.15, 0.2) is 59.6 Å². The van der Waals surface area contributed by atoms with Gasteiger partial charge in [-0.2, -0.15) is 0 Å². The standard InChI is InChI=1S/C18H15FN2O3S2/c1-26(23,24)16-8-4-13(5-9-16)17(22)21-18-20-11-15(25-18)10-12-2-6-14(19)7-3-12/h2-9,11H,10H2,1H3,(H,20,21,22). The highest BCUT2D eigenvalue weighted by molar-refractivity contribution is 7.90. The second-order valence-corrected chi connectivity index (χ2v) is 8.82. The van der Waals surface area contributed by atoms with Crippen molar-refractivity contribution in [3.05, 3.63) is 76.5 Å². The summed E-state index contributed by atoms with van der Waals surface area (Å²) < 4.78 is 35.8. The van der Waals surface area contributed by atoms with Crippen molar-refractivity contribution in [2.45, 2.75) is 11.3 Å². The number of hydrogen-bond donors (Lipinski definition) is 1. The van der Waals surface area contributed by atoms with Gasteiger partial charge < -0.3 is 0 Å². The lowest BCUT2D eigenvalue weighted by atomic mass is 10.1. The van der Waals surface area contributed by atoms with Gasteiger partial charge in [0.2, 0.25) is 0 Å². The number of aromatic nitrogens is 1. The lowest BCUT2D eigenvalue weighted by molar-refractivity contribution is 0.102. The zero-order valence-corrected chi connectivity index (χ0v) is 15.4. The number of sulfone groups is 1. The number of rotatable bonds is 5. The minimum Gasteiger partial charge on any atom is -0.298 e. The molecule has 0 unspecified atom stereocenters. The first-order chi connectivity index (χ1) is 12.3. The van der Waals surface area contributed by atoms with Crippen LogP contribution in [0, 0.1) is 5.82 Å². The largest absolute Gasteiger partial charge is 0.298 e. The summed E-state index contributed by atoms with van der Waals surface area (Å²) in [5.74, 6) is -0.652. The molecule has 3 aromatic rings. The Morgan fingerprint density at radius 3 is 2.38 bits per heavy atom. The van der Waals surface area contributed by atoms with E-state index in [4.69, 9.17) is 0 Å². The molecule has 0 saturated heterocycles. The SMILES string of the molecule is CS(=O)(=O)c1ccc(C(=O)Nc2ncc(Cc3ccc(F)cc3)s2)cc1. The van der Waals surface area contributed by atoms with E-state index in [1.165, 1.54) is 47.7 Å². The fourth-order valence-corrected chi connectivity index (χ4v) is 3.75. The van der Waals surface area contributed by atoms with Gasteiger partial charge in [0.25, 0.3) is 5.91 Å². The minimum absolute atomic E-state index is 0.157. The van der Waals surface area contributed by atoms with Crippen molar-refractivity contribution in [1.29, 1.82) is 0 Å². The summed E-state index contributed by atoms with van der Waals surface area (Å²) in [5, 5.41) is 3.13. The molecule has 0 atom stereocenters. The van der Waals surface area contributed by atoms with Crippen LogP contribution in [0.2, 0.25) is 0 Å². The number of benzene rings is 2. The summed E-state index contributed by atoms with van der Waals surface area (Å²) in [5.41, 5.74) is 1.29. The van der Waals surface area contributed by atoms with Gasteiger partial charge in [0.1, 0.15) is 5.82 Å². The number of carbonyl (C=O) groups is 1. The molecule has 0 aliphatic carbocycles. The zero-order chi connectivity index (χ0) is 18.7. The van der Waals surface area contributed by atoms with Gasteiger partial charge in [-0.15, -0.1) is 11.3 Å². The molecule has 0 radical (unpaired) electrons. The number of halogens is 1. The average Bonchev–Trinajstić information content (AvgIpc) is 3.03. The van der Waals surface area contributed by atoms with Gasteiger partial charge in [0, 0.05) is 29.3 Å². The molecule has 0 aliphatic heterocycles. The van der Waals surface area contributed by atoms with E-state index in [1.807, 2.05) is 0 Å². The molecule has 0 saturated carbocycles. The first-order valence-electron chi connectivity index (χ1n) is 7.62. The Morgan fingerprint density at radius 2 is 1.77 bits per heavy atom. The third-order valence-electron chi connectivity index (χ3n) is 3.61. The summed E-state index contributed by atoms with van der Waals surface area (Å²) >= 11 is 1.33. The number of nitrogens with zero attached hydrogens (tertiary/aromatic N) is 1. The van der Waals surface area contributed by atoms with Crippen LogP contribution in [-0.4, -0.2) is 25.6 Å². The molecule has 1 aromatic heterocycles. The highest BCUT2D eigenvalue weighted by Gasteiger charge is 2.12. The van der Waals surface area contributed by atoms with E-state index >= 15 is 0 Å². The van der Waals surface area contributed by atoms with Crippen LogP contribution >= 0.6 is 11.3 Å². The maximum absolute atomic E-state index is 12.9. The highest BCUT2D eigenvalue weighted by Crippen LogP contribution is 2.22. The van der Waals surface area contributed by atoms with E-state index in [0.29, 0.717) is 17.1 Å². The van der Waals surface area contributed by atoms with Gasteiger partial charge in [-0.1, -0.05) is 12.1 Å². The quantitative estimate of drug-likeness (QED) is 0.723. The summed E-state index contributed by atoms with van der Waals surface area (Å²) in [6.45, 7) is 0. The van der Waals surface area contributed by atoms with E-state index in [0.717, 1.165) is 16.7 Å². The minimum atomic E-state index is -3.30. The van der Waals surface area contributed by atoms with Crippen molar-refractivity contribution < 1.29 is 17.6 Å². The summed E-state index contributed by atoms with van der Waals surface area (Å²) in [7, 11) is -3.30. The normalized spacial score (nSPS) is 11.3. The Balaban J connectivity index is 1.66. The third kappa shape index (κ3) is 4.53.